The predicted molar refractivity (Wildman–Crippen MR) is 103 cm³/mol. The van der Waals surface area contributed by atoms with Crippen molar-refractivity contribution in [1.82, 2.24) is 15.6 Å². The molecular weight excluding hydrogens is 348 g/mol. The maximum atomic E-state index is 12.0. The molecule has 26 heavy (non-hydrogen) atoms. The van der Waals surface area contributed by atoms with Crippen LogP contribution in [0.25, 0.3) is 0 Å². The van der Waals surface area contributed by atoms with Gasteiger partial charge in [0, 0.05) is 24.4 Å². The van der Waals surface area contributed by atoms with E-state index in [1.165, 1.54) is 4.88 Å². The Bertz CT molecular complexity index is 760. The molecular formula is C19H24N4O2S. The van der Waals surface area contributed by atoms with Gasteiger partial charge in [0.25, 0.3) is 0 Å². The number of aryl methyl sites for hydroxylation is 1. The van der Waals surface area contributed by atoms with Crippen LogP contribution in [-0.2, 0) is 24.2 Å². The van der Waals surface area contributed by atoms with Crippen LogP contribution in [0.3, 0.4) is 0 Å². The summed E-state index contributed by atoms with van der Waals surface area (Å²) in [6, 6.07) is 9.40. The molecule has 3 N–H and O–H groups in total. The number of carbonyl (C=O) groups excluding carboxylic acids is 2. The van der Waals surface area contributed by atoms with Gasteiger partial charge in [0.1, 0.15) is 0 Å². The Morgan fingerprint density at radius 3 is 2.85 bits per heavy atom. The number of carbonyl (C=O) groups is 2. The molecule has 3 amide bonds. The Morgan fingerprint density at radius 1 is 1.23 bits per heavy atom. The lowest BCUT2D eigenvalue weighted by atomic mass is 9.93. The molecule has 1 aromatic carbocycles. The highest BCUT2D eigenvalue weighted by Crippen LogP contribution is 2.32. The molecule has 1 atom stereocenters. The lowest BCUT2D eigenvalue weighted by Crippen LogP contribution is -2.36. The Kier molecular flexibility index (Phi) is 6.22. The summed E-state index contributed by atoms with van der Waals surface area (Å²) in [6.07, 6.45) is 3.42. The molecule has 0 spiro atoms. The molecule has 1 aliphatic rings. The Hall–Kier alpha value is -2.41. The summed E-state index contributed by atoms with van der Waals surface area (Å²) in [6.45, 7) is 2.99. The van der Waals surface area contributed by atoms with Gasteiger partial charge in [0.05, 0.1) is 5.69 Å². The normalized spacial score (nSPS) is 15.8. The number of urea groups is 1. The van der Waals surface area contributed by atoms with Crippen molar-refractivity contribution in [2.45, 2.75) is 39.2 Å². The lowest BCUT2D eigenvalue weighted by molar-refractivity contribution is -0.116. The van der Waals surface area contributed by atoms with E-state index in [-0.39, 0.29) is 24.9 Å². The molecule has 1 aliphatic carbocycles. The zero-order chi connectivity index (χ0) is 18.4. The molecule has 0 saturated heterocycles. The van der Waals surface area contributed by atoms with Gasteiger partial charge < -0.3 is 16.0 Å². The summed E-state index contributed by atoms with van der Waals surface area (Å²) in [5, 5.41) is 8.98. The number of nitrogens with one attached hydrogen (secondary N) is 3. The topological polar surface area (TPSA) is 83.1 Å². The van der Waals surface area contributed by atoms with Crippen molar-refractivity contribution in [3.8, 4) is 0 Å². The summed E-state index contributed by atoms with van der Waals surface area (Å²) in [5.74, 6) is 0.553. The molecule has 6 nitrogen and oxygen atoms in total. The van der Waals surface area contributed by atoms with Crippen LogP contribution in [0.2, 0.25) is 0 Å². The van der Waals surface area contributed by atoms with Gasteiger partial charge in [-0.05, 0) is 30.7 Å². The van der Waals surface area contributed by atoms with Crippen molar-refractivity contribution in [3.05, 3.63) is 46.5 Å². The maximum absolute atomic E-state index is 12.0. The van der Waals surface area contributed by atoms with Gasteiger partial charge in [-0.2, -0.15) is 0 Å². The third-order valence-electron chi connectivity index (χ3n) is 4.37. The number of nitrogens with zero attached hydrogens (tertiary/aromatic N) is 1. The summed E-state index contributed by atoms with van der Waals surface area (Å²) in [4.78, 5) is 29.6. The average Bonchev–Trinajstić information content (AvgIpc) is 3.02. The standard InChI is InChI=1S/C19H24N4O2S/c1-13-7-8-15-16(11-13)26-19(22-15)23-17(24)9-10-20-18(25)21-12-14-5-3-2-4-6-14/h2-6,13H,7-12H2,1H3,(H2,20,21,25)(H,22,23,24). The number of rotatable bonds is 6. The molecule has 1 heterocycles. The van der Waals surface area contributed by atoms with E-state index in [2.05, 4.69) is 27.9 Å². The maximum Gasteiger partial charge on any atom is 0.315 e. The quantitative estimate of drug-likeness (QED) is 0.729. The largest absolute Gasteiger partial charge is 0.338 e. The van der Waals surface area contributed by atoms with E-state index < -0.39 is 0 Å². The Balaban J connectivity index is 1.36. The van der Waals surface area contributed by atoms with E-state index >= 15 is 0 Å². The van der Waals surface area contributed by atoms with Gasteiger partial charge in [-0.3, -0.25) is 4.79 Å². The fourth-order valence-corrected chi connectivity index (χ4v) is 4.09. The fourth-order valence-electron chi connectivity index (χ4n) is 2.91. The summed E-state index contributed by atoms with van der Waals surface area (Å²) in [7, 11) is 0. The fraction of sp³-hybridized carbons (Fsp3) is 0.421. The first-order chi connectivity index (χ1) is 12.6. The minimum atomic E-state index is -0.277. The molecule has 0 aliphatic heterocycles. The van der Waals surface area contributed by atoms with Gasteiger partial charge in [0.15, 0.2) is 5.13 Å². The first-order valence-corrected chi connectivity index (χ1v) is 9.76. The van der Waals surface area contributed by atoms with Gasteiger partial charge in [0.2, 0.25) is 5.91 Å². The van der Waals surface area contributed by atoms with E-state index in [1.54, 1.807) is 11.3 Å². The number of anilines is 1. The second kappa shape index (κ2) is 8.80. The zero-order valence-corrected chi connectivity index (χ0v) is 15.7. The van der Waals surface area contributed by atoms with Crippen molar-refractivity contribution >= 4 is 28.4 Å². The average molecular weight is 372 g/mol. The molecule has 138 valence electrons. The smallest absolute Gasteiger partial charge is 0.315 e. The molecule has 0 fully saturated rings. The van der Waals surface area contributed by atoms with Crippen LogP contribution in [0, 0.1) is 5.92 Å². The van der Waals surface area contributed by atoms with Gasteiger partial charge >= 0.3 is 6.03 Å². The predicted octanol–water partition coefficient (Wildman–Crippen LogP) is 3.10. The molecule has 1 unspecified atom stereocenters. The number of hydrogen-bond donors (Lipinski definition) is 3. The third-order valence-corrected chi connectivity index (χ3v) is 5.40. The monoisotopic (exact) mass is 372 g/mol. The molecule has 0 bridgehead atoms. The SMILES string of the molecule is CC1CCc2nc(NC(=O)CCNC(=O)NCc3ccccc3)sc2C1. The Labute approximate surface area is 157 Å². The van der Waals surface area contributed by atoms with Crippen LogP contribution in [0.5, 0.6) is 0 Å². The Morgan fingerprint density at radius 2 is 2.04 bits per heavy atom. The van der Waals surface area contributed by atoms with Crippen LogP contribution < -0.4 is 16.0 Å². The highest BCUT2D eigenvalue weighted by Gasteiger charge is 2.20. The number of thiazole rings is 1. The number of amides is 3. The van der Waals surface area contributed by atoms with Crippen molar-refractivity contribution in [2.75, 3.05) is 11.9 Å². The van der Waals surface area contributed by atoms with Crippen molar-refractivity contribution in [1.29, 1.82) is 0 Å². The molecule has 0 saturated carbocycles. The number of fused-ring (bicyclic) bond motifs is 1. The second-order valence-corrected chi connectivity index (χ2v) is 7.71. The molecule has 1 aromatic heterocycles. The molecule has 0 radical (unpaired) electrons. The highest BCUT2D eigenvalue weighted by atomic mass is 32.1. The number of aromatic nitrogens is 1. The van der Waals surface area contributed by atoms with Gasteiger partial charge in [-0.25, -0.2) is 9.78 Å². The minimum Gasteiger partial charge on any atom is -0.338 e. The van der Waals surface area contributed by atoms with Crippen LogP contribution in [0.15, 0.2) is 30.3 Å². The zero-order valence-electron chi connectivity index (χ0n) is 14.9. The van der Waals surface area contributed by atoms with E-state index in [4.69, 9.17) is 0 Å². The van der Waals surface area contributed by atoms with Crippen molar-refractivity contribution < 1.29 is 9.59 Å². The van der Waals surface area contributed by atoms with Crippen LogP contribution in [-0.4, -0.2) is 23.5 Å². The van der Waals surface area contributed by atoms with E-state index in [1.807, 2.05) is 30.3 Å². The lowest BCUT2D eigenvalue weighted by Gasteiger charge is -2.15. The first-order valence-electron chi connectivity index (χ1n) is 8.94. The van der Waals surface area contributed by atoms with Crippen LogP contribution >= 0.6 is 11.3 Å². The van der Waals surface area contributed by atoms with E-state index in [0.29, 0.717) is 17.6 Å². The molecule has 2 aromatic rings. The summed E-state index contributed by atoms with van der Waals surface area (Å²) >= 11 is 1.57. The van der Waals surface area contributed by atoms with Crippen LogP contribution in [0.1, 0.15) is 35.9 Å². The second-order valence-electron chi connectivity index (χ2n) is 6.63. The summed E-state index contributed by atoms with van der Waals surface area (Å²) < 4.78 is 0. The van der Waals surface area contributed by atoms with E-state index in [9.17, 15) is 9.59 Å². The molecule has 7 heteroatoms. The number of hydrogen-bond acceptors (Lipinski definition) is 4. The third kappa shape index (κ3) is 5.29. The number of benzene rings is 1. The van der Waals surface area contributed by atoms with Crippen molar-refractivity contribution in [3.63, 3.8) is 0 Å². The van der Waals surface area contributed by atoms with E-state index in [0.717, 1.165) is 30.5 Å². The van der Waals surface area contributed by atoms with Crippen molar-refractivity contribution in [2.24, 2.45) is 5.92 Å². The minimum absolute atomic E-state index is 0.132. The van der Waals surface area contributed by atoms with Gasteiger partial charge in [-0.15, -0.1) is 11.3 Å². The van der Waals surface area contributed by atoms with Crippen LogP contribution in [0.4, 0.5) is 9.93 Å². The first kappa shape index (κ1) is 18.4. The molecule has 3 rings (SSSR count). The summed E-state index contributed by atoms with van der Waals surface area (Å²) in [5.41, 5.74) is 2.16. The van der Waals surface area contributed by atoms with Gasteiger partial charge in [-0.1, -0.05) is 37.3 Å². The highest BCUT2D eigenvalue weighted by molar-refractivity contribution is 7.15.